The Kier molecular flexibility index (Phi) is 10.3. The number of nitrogens with one attached hydrogen (secondary N) is 1. The van der Waals surface area contributed by atoms with Crippen molar-refractivity contribution in [1.82, 2.24) is 5.32 Å². The maximum Gasteiger partial charge on any atom is 0.0704 e. The largest absolute Gasteiger partial charge is 0.382 e. The minimum atomic E-state index is 0.396. The van der Waals surface area contributed by atoms with Crippen molar-refractivity contribution < 1.29 is 18.9 Å². The molecule has 0 aromatic rings. The van der Waals surface area contributed by atoms with E-state index in [0.29, 0.717) is 51.8 Å². The van der Waals surface area contributed by atoms with E-state index >= 15 is 0 Å². The fourth-order valence-electron chi connectivity index (χ4n) is 2.30. The second kappa shape index (κ2) is 11.6. The van der Waals surface area contributed by atoms with E-state index in [-0.39, 0.29) is 0 Å². The third kappa shape index (κ3) is 8.55. The molecule has 1 aliphatic rings. The lowest BCUT2D eigenvalue weighted by molar-refractivity contribution is -0.0284. The minimum Gasteiger partial charge on any atom is -0.382 e. The molecule has 0 amide bonds. The predicted molar refractivity (Wildman–Crippen MR) is 74.6 cm³/mol. The smallest absolute Gasteiger partial charge is 0.0704 e. The summed E-state index contributed by atoms with van der Waals surface area (Å²) in [5.74, 6) is 0. The second-order valence-corrected chi connectivity index (χ2v) is 4.86. The summed E-state index contributed by atoms with van der Waals surface area (Å²) in [6.07, 6.45) is 5.22. The molecular weight excluding hydrogens is 246 g/mol. The molecule has 0 saturated heterocycles. The molecule has 19 heavy (non-hydrogen) atoms. The summed E-state index contributed by atoms with van der Waals surface area (Å²) in [4.78, 5) is 0. The zero-order valence-electron chi connectivity index (χ0n) is 12.4. The Hall–Kier alpha value is -0.200. The Morgan fingerprint density at radius 1 is 0.947 bits per heavy atom. The van der Waals surface area contributed by atoms with E-state index in [2.05, 4.69) is 5.32 Å². The van der Waals surface area contributed by atoms with Crippen LogP contribution in [-0.4, -0.2) is 65.9 Å². The van der Waals surface area contributed by atoms with Gasteiger partial charge >= 0.3 is 0 Å². The van der Waals surface area contributed by atoms with Crippen LogP contribution in [0.25, 0.3) is 0 Å². The van der Waals surface area contributed by atoms with Crippen LogP contribution in [0.5, 0.6) is 0 Å². The summed E-state index contributed by atoms with van der Waals surface area (Å²) in [6, 6.07) is 0.619. The highest BCUT2D eigenvalue weighted by atomic mass is 16.6. The van der Waals surface area contributed by atoms with E-state index in [0.717, 1.165) is 6.42 Å². The van der Waals surface area contributed by atoms with Gasteiger partial charge in [-0.25, -0.2) is 0 Å². The molecule has 5 heteroatoms. The molecule has 5 nitrogen and oxygen atoms in total. The van der Waals surface area contributed by atoms with E-state index in [1.165, 1.54) is 19.3 Å². The van der Waals surface area contributed by atoms with E-state index in [9.17, 15) is 0 Å². The molecule has 1 saturated carbocycles. The van der Waals surface area contributed by atoms with Gasteiger partial charge in [-0.1, -0.05) is 0 Å². The number of methoxy groups -OCH3 is 1. The van der Waals surface area contributed by atoms with Crippen LogP contribution in [0.3, 0.4) is 0 Å². The second-order valence-electron chi connectivity index (χ2n) is 4.86. The van der Waals surface area contributed by atoms with Crippen LogP contribution in [0.2, 0.25) is 0 Å². The van der Waals surface area contributed by atoms with Crippen molar-refractivity contribution in [2.75, 3.05) is 53.8 Å². The first-order chi connectivity index (χ1) is 9.36. The zero-order chi connectivity index (χ0) is 13.8. The Morgan fingerprint density at radius 2 is 1.63 bits per heavy atom. The van der Waals surface area contributed by atoms with Gasteiger partial charge in [-0.2, -0.15) is 0 Å². The maximum atomic E-state index is 5.83. The van der Waals surface area contributed by atoms with Gasteiger partial charge < -0.3 is 24.3 Å². The number of hydrogen-bond acceptors (Lipinski definition) is 5. The number of hydrogen-bond donors (Lipinski definition) is 1. The van der Waals surface area contributed by atoms with Crippen molar-refractivity contribution in [1.29, 1.82) is 0 Å². The van der Waals surface area contributed by atoms with Gasteiger partial charge in [-0.3, -0.25) is 0 Å². The Balaban J connectivity index is 1.85. The molecular formula is C14H29NO4. The van der Waals surface area contributed by atoms with Crippen molar-refractivity contribution in [2.24, 2.45) is 0 Å². The van der Waals surface area contributed by atoms with E-state index in [4.69, 9.17) is 18.9 Å². The summed E-state index contributed by atoms with van der Waals surface area (Å²) >= 11 is 0. The van der Waals surface area contributed by atoms with Crippen LogP contribution in [0.1, 0.15) is 25.7 Å². The van der Waals surface area contributed by atoms with Gasteiger partial charge in [0.25, 0.3) is 0 Å². The molecule has 1 rings (SSSR count). The molecule has 0 radical (unpaired) electrons. The van der Waals surface area contributed by atoms with Crippen LogP contribution in [0, 0.1) is 0 Å². The number of rotatable bonds is 11. The quantitative estimate of drug-likeness (QED) is 0.574. The number of ether oxygens (including phenoxy) is 4. The summed E-state index contributed by atoms with van der Waals surface area (Å²) in [5.41, 5.74) is 0. The average molecular weight is 275 g/mol. The first-order valence-electron chi connectivity index (χ1n) is 7.30. The summed E-state index contributed by atoms with van der Waals surface area (Å²) in [5, 5.41) is 3.33. The minimum absolute atomic E-state index is 0.396. The topological polar surface area (TPSA) is 49.0 Å². The van der Waals surface area contributed by atoms with Gasteiger partial charge in [0.2, 0.25) is 0 Å². The monoisotopic (exact) mass is 275 g/mol. The van der Waals surface area contributed by atoms with Gasteiger partial charge in [0, 0.05) is 13.2 Å². The van der Waals surface area contributed by atoms with Gasteiger partial charge in [-0.15, -0.1) is 0 Å². The lowest BCUT2D eigenvalue weighted by Gasteiger charge is -2.28. The van der Waals surface area contributed by atoms with Crippen molar-refractivity contribution in [3.63, 3.8) is 0 Å². The van der Waals surface area contributed by atoms with E-state index < -0.39 is 0 Å². The molecule has 114 valence electrons. The highest BCUT2D eigenvalue weighted by Gasteiger charge is 2.20. The molecule has 0 aromatic carbocycles. The Bertz CT molecular complexity index is 204. The molecule has 2 atom stereocenters. The van der Waals surface area contributed by atoms with Crippen molar-refractivity contribution in [2.45, 2.75) is 37.8 Å². The molecule has 0 heterocycles. The van der Waals surface area contributed by atoms with Crippen LogP contribution in [-0.2, 0) is 18.9 Å². The van der Waals surface area contributed by atoms with Crippen LogP contribution in [0.4, 0.5) is 0 Å². The fourth-order valence-corrected chi connectivity index (χ4v) is 2.30. The van der Waals surface area contributed by atoms with E-state index in [1.807, 2.05) is 7.05 Å². The Morgan fingerprint density at radius 3 is 2.32 bits per heavy atom. The molecule has 1 N–H and O–H groups in total. The Labute approximate surface area is 116 Å². The van der Waals surface area contributed by atoms with Gasteiger partial charge in [-0.05, 0) is 32.7 Å². The third-order valence-electron chi connectivity index (χ3n) is 3.42. The van der Waals surface area contributed by atoms with E-state index in [1.54, 1.807) is 7.11 Å². The maximum absolute atomic E-state index is 5.83. The van der Waals surface area contributed by atoms with Crippen LogP contribution in [0.15, 0.2) is 0 Å². The third-order valence-corrected chi connectivity index (χ3v) is 3.42. The first-order valence-corrected chi connectivity index (χ1v) is 7.30. The normalized spacial score (nSPS) is 23.7. The van der Waals surface area contributed by atoms with Gasteiger partial charge in [0.15, 0.2) is 0 Å². The summed E-state index contributed by atoms with van der Waals surface area (Å²) < 4.78 is 21.5. The molecule has 0 aromatic heterocycles. The fraction of sp³-hybridized carbons (Fsp3) is 1.00. The van der Waals surface area contributed by atoms with Crippen molar-refractivity contribution >= 4 is 0 Å². The first kappa shape index (κ1) is 16.9. The standard InChI is InChI=1S/C14H29NO4/c1-15-13-4-3-5-14(12-13)19-11-10-18-9-8-17-7-6-16-2/h13-15H,3-12H2,1-2H3. The lowest BCUT2D eigenvalue weighted by atomic mass is 9.93. The summed E-state index contributed by atoms with van der Waals surface area (Å²) in [7, 11) is 3.70. The molecule has 2 unspecified atom stereocenters. The highest BCUT2D eigenvalue weighted by Crippen LogP contribution is 2.20. The predicted octanol–water partition coefficient (Wildman–Crippen LogP) is 1.21. The average Bonchev–Trinajstić information content (AvgIpc) is 2.46. The van der Waals surface area contributed by atoms with Crippen molar-refractivity contribution in [3.05, 3.63) is 0 Å². The zero-order valence-corrected chi connectivity index (χ0v) is 12.4. The molecule has 1 aliphatic carbocycles. The van der Waals surface area contributed by atoms with Crippen LogP contribution < -0.4 is 5.32 Å². The SMILES string of the molecule is CNC1CCCC(OCCOCCOCCOC)C1. The van der Waals surface area contributed by atoms with Gasteiger partial charge in [0.1, 0.15) is 0 Å². The molecule has 0 aliphatic heterocycles. The summed E-state index contributed by atoms with van der Waals surface area (Å²) in [6.45, 7) is 3.83. The molecule has 1 fully saturated rings. The molecule has 0 spiro atoms. The van der Waals surface area contributed by atoms with Gasteiger partial charge in [0.05, 0.1) is 45.7 Å². The highest BCUT2D eigenvalue weighted by molar-refractivity contribution is 4.77. The van der Waals surface area contributed by atoms with Crippen LogP contribution >= 0.6 is 0 Å². The molecule has 0 bridgehead atoms. The van der Waals surface area contributed by atoms with Crippen molar-refractivity contribution in [3.8, 4) is 0 Å². The lowest BCUT2D eigenvalue weighted by Crippen LogP contribution is -2.35.